The molecule has 0 aliphatic heterocycles. The predicted octanol–water partition coefficient (Wildman–Crippen LogP) is 0.290. The summed E-state index contributed by atoms with van der Waals surface area (Å²) in [6.45, 7) is 0.825. The number of pyridine rings is 1. The Labute approximate surface area is 106 Å². The Morgan fingerprint density at radius 2 is 2.00 bits per heavy atom. The van der Waals surface area contributed by atoms with Crippen molar-refractivity contribution in [1.82, 2.24) is 10.3 Å². The molecule has 0 saturated heterocycles. The molecule has 1 aromatic rings. The molecule has 6 nitrogen and oxygen atoms in total. The molecule has 19 heavy (non-hydrogen) atoms. The van der Waals surface area contributed by atoms with Crippen molar-refractivity contribution in [1.29, 1.82) is 0 Å². The van der Waals surface area contributed by atoms with Gasteiger partial charge in [-0.05, 0) is 11.6 Å². The van der Waals surface area contributed by atoms with E-state index in [1.165, 1.54) is 0 Å². The molecule has 0 saturated carbocycles. The smallest absolute Gasteiger partial charge is 0.475 e. The van der Waals surface area contributed by atoms with Crippen LogP contribution < -0.4 is 11.1 Å². The molecule has 0 bridgehead atoms. The summed E-state index contributed by atoms with van der Waals surface area (Å²) >= 11 is 0. The van der Waals surface area contributed by atoms with Gasteiger partial charge in [0.15, 0.2) is 0 Å². The minimum absolute atomic E-state index is 0.203. The number of nitrogens with zero attached hydrogens (tertiary/aromatic N) is 1. The third kappa shape index (κ3) is 9.53. The van der Waals surface area contributed by atoms with E-state index in [1.807, 2.05) is 12.1 Å². The van der Waals surface area contributed by atoms with E-state index < -0.39 is 12.1 Å². The lowest BCUT2D eigenvalue weighted by Crippen LogP contribution is -2.28. The molecule has 9 heteroatoms. The molecule has 0 atom stereocenters. The lowest BCUT2D eigenvalue weighted by molar-refractivity contribution is -0.192. The highest BCUT2D eigenvalue weighted by Gasteiger charge is 2.38. The van der Waals surface area contributed by atoms with Gasteiger partial charge in [0.25, 0.3) is 0 Å². The van der Waals surface area contributed by atoms with Gasteiger partial charge in [-0.3, -0.25) is 9.78 Å². The van der Waals surface area contributed by atoms with Crippen LogP contribution in [-0.2, 0) is 16.1 Å². The van der Waals surface area contributed by atoms with Crippen LogP contribution in [0.4, 0.5) is 13.2 Å². The van der Waals surface area contributed by atoms with Crippen LogP contribution in [-0.4, -0.2) is 34.7 Å². The second kappa shape index (κ2) is 8.03. The van der Waals surface area contributed by atoms with Crippen LogP contribution in [0.15, 0.2) is 24.5 Å². The molecular formula is C10H12F3N3O3. The van der Waals surface area contributed by atoms with Gasteiger partial charge in [0.2, 0.25) is 5.91 Å². The summed E-state index contributed by atoms with van der Waals surface area (Å²) in [5.74, 6) is -3.11. The molecule has 1 aromatic heterocycles. The van der Waals surface area contributed by atoms with E-state index >= 15 is 0 Å². The summed E-state index contributed by atoms with van der Waals surface area (Å²) in [5, 5.41) is 10.0. The number of hydrogen-bond donors (Lipinski definition) is 3. The van der Waals surface area contributed by atoms with Gasteiger partial charge in [-0.25, -0.2) is 4.79 Å². The molecule has 0 radical (unpaired) electrons. The second-order valence-electron chi connectivity index (χ2n) is 3.23. The van der Waals surface area contributed by atoms with Crippen molar-refractivity contribution >= 4 is 11.9 Å². The molecule has 1 heterocycles. The topological polar surface area (TPSA) is 105 Å². The van der Waals surface area contributed by atoms with Gasteiger partial charge in [0.05, 0.1) is 6.54 Å². The molecule has 0 aliphatic carbocycles. The number of primary amides is 1. The number of carbonyl (C=O) groups excluding carboxylic acids is 1. The zero-order valence-corrected chi connectivity index (χ0v) is 9.65. The molecule has 0 fully saturated rings. The number of nitrogens with one attached hydrogen (secondary N) is 1. The van der Waals surface area contributed by atoms with Crippen LogP contribution in [0.2, 0.25) is 0 Å². The Balaban J connectivity index is 0.000000399. The molecule has 4 N–H and O–H groups in total. The number of halogens is 3. The zero-order chi connectivity index (χ0) is 14.9. The van der Waals surface area contributed by atoms with Crippen LogP contribution in [0.5, 0.6) is 0 Å². The molecule has 106 valence electrons. The van der Waals surface area contributed by atoms with Gasteiger partial charge in [0, 0.05) is 18.9 Å². The van der Waals surface area contributed by atoms with E-state index in [-0.39, 0.29) is 12.5 Å². The van der Waals surface area contributed by atoms with Crippen molar-refractivity contribution in [2.45, 2.75) is 12.7 Å². The normalized spacial score (nSPS) is 10.3. The average molecular weight is 279 g/mol. The minimum Gasteiger partial charge on any atom is -0.475 e. The van der Waals surface area contributed by atoms with Crippen LogP contribution in [0.25, 0.3) is 0 Å². The Hall–Kier alpha value is -2.16. The fourth-order valence-corrected chi connectivity index (χ4v) is 0.833. The second-order valence-corrected chi connectivity index (χ2v) is 3.23. The monoisotopic (exact) mass is 279 g/mol. The van der Waals surface area contributed by atoms with E-state index in [1.54, 1.807) is 12.4 Å². The number of nitrogens with two attached hydrogens (primary N) is 1. The van der Waals surface area contributed by atoms with E-state index in [9.17, 15) is 18.0 Å². The first-order valence-electron chi connectivity index (χ1n) is 4.91. The molecule has 0 unspecified atom stereocenters. The first kappa shape index (κ1) is 16.8. The van der Waals surface area contributed by atoms with Gasteiger partial charge < -0.3 is 16.2 Å². The van der Waals surface area contributed by atoms with Gasteiger partial charge in [-0.2, -0.15) is 13.2 Å². The van der Waals surface area contributed by atoms with Gasteiger partial charge >= 0.3 is 12.1 Å². The Kier molecular flexibility index (Phi) is 7.12. The number of carbonyl (C=O) groups is 2. The number of alkyl halides is 3. The van der Waals surface area contributed by atoms with Gasteiger partial charge in [-0.15, -0.1) is 0 Å². The largest absolute Gasteiger partial charge is 0.490 e. The van der Waals surface area contributed by atoms with Crippen LogP contribution >= 0.6 is 0 Å². The highest BCUT2D eigenvalue weighted by Crippen LogP contribution is 2.13. The molecule has 0 spiro atoms. The molecule has 0 aromatic carbocycles. The highest BCUT2D eigenvalue weighted by atomic mass is 19.4. The maximum atomic E-state index is 10.6. The summed E-state index contributed by atoms with van der Waals surface area (Å²) in [5.41, 5.74) is 5.98. The van der Waals surface area contributed by atoms with Gasteiger partial charge in [-0.1, -0.05) is 6.07 Å². The molecule has 1 rings (SSSR count). The first-order valence-corrected chi connectivity index (χ1v) is 4.91. The fraction of sp³-hybridized carbons (Fsp3) is 0.300. The number of rotatable bonds is 4. The summed E-state index contributed by atoms with van der Waals surface area (Å²) in [7, 11) is 0. The van der Waals surface area contributed by atoms with Crippen molar-refractivity contribution in [2.24, 2.45) is 5.73 Å². The predicted molar refractivity (Wildman–Crippen MR) is 58.8 cm³/mol. The van der Waals surface area contributed by atoms with Crippen LogP contribution in [0, 0.1) is 0 Å². The van der Waals surface area contributed by atoms with Gasteiger partial charge in [0.1, 0.15) is 0 Å². The highest BCUT2D eigenvalue weighted by molar-refractivity contribution is 5.75. The fourth-order valence-electron chi connectivity index (χ4n) is 0.833. The lowest BCUT2D eigenvalue weighted by atomic mass is 10.3. The van der Waals surface area contributed by atoms with E-state index in [2.05, 4.69) is 10.3 Å². The maximum absolute atomic E-state index is 10.6. The van der Waals surface area contributed by atoms with Crippen LogP contribution in [0.3, 0.4) is 0 Å². The van der Waals surface area contributed by atoms with Crippen molar-refractivity contribution in [3.8, 4) is 0 Å². The average Bonchev–Trinajstić information content (AvgIpc) is 2.29. The molecule has 0 aliphatic rings. The molecule has 1 amide bonds. The zero-order valence-electron chi connectivity index (χ0n) is 9.65. The number of aliphatic carboxylic acids is 1. The summed E-state index contributed by atoms with van der Waals surface area (Å²) < 4.78 is 31.7. The lowest BCUT2D eigenvalue weighted by Gasteiger charge is -2.00. The Bertz CT molecular complexity index is 409. The summed E-state index contributed by atoms with van der Waals surface area (Å²) in [6, 6.07) is 3.78. The minimum atomic E-state index is -5.08. The van der Waals surface area contributed by atoms with Crippen molar-refractivity contribution in [3.63, 3.8) is 0 Å². The third-order valence-corrected chi connectivity index (χ3v) is 1.59. The summed E-state index contributed by atoms with van der Waals surface area (Å²) in [6.07, 6.45) is -1.63. The third-order valence-electron chi connectivity index (χ3n) is 1.59. The summed E-state index contributed by atoms with van der Waals surface area (Å²) in [4.78, 5) is 23.2. The number of carboxylic acids is 1. The number of aromatic nitrogens is 1. The van der Waals surface area contributed by atoms with E-state index in [0.29, 0.717) is 6.54 Å². The first-order chi connectivity index (χ1) is 8.73. The number of carboxylic acid groups (broad SMARTS) is 1. The number of hydrogen-bond acceptors (Lipinski definition) is 4. The van der Waals surface area contributed by atoms with E-state index in [4.69, 9.17) is 15.6 Å². The quantitative estimate of drug-likeness (QED) is 0.734. The Morgan fingerprint density at radius 3 is 2.37 bits per heavy atom. The van der Waals surface area contributed by atoms with Crippen molar-refractivity contribution < 1.29 is 27.9 Å². The maximum Gasteiger partial charge on any atom is 0.490 e. The van der Waals surface area contributed by atoms with Crippen molar-refractivity contribution in [2.75, 3.05) is 6.54 Å². The standard InChI is InChI=1S/C8H11N3O.C2HF3O2/c9-8(12)6-11-5-7-2-1-3-10-4-7;3-2(4,5)1(6)7/h1-4,11H,5-6H2,(H2,9,12);(H,6,7). The van der Waals surface area contributed by atoms with E-state index in [0.717, 1.165) is 5.56 Å². The SMILES string of the molecule is NC(=O)CNCc1cccnc1.O=C(O)C(F)(F)F. The number of amides is 1. The molecular weight excluding hydrogens is 267 g/mol. The Morgan fingerprint density at radius 1 is 1.42 bits per heavy atom. The van der Waals surface area contributed by atoms with Crippen LogP contribution in [0.1, 0.15) is 5.56 Å². The van der Waals surface area contributed by atoms with Crippen molar-refractivity contribution in [3.05, 3.63) is 30.1 Å².